The maximum atomic E-state index is 13.9. The Hall–Kier alpha value is -3.63. The van der Waals surface area contributed by atoms with Crippen LogP contribution in [0.4, 0.5) is 4.39 Å². The molecule has 3 rings (SSSR count). The first kappa shape index (κ1) is 23.0. The lowest BCUT2D eigenvalue weighted by molar-refractivity contribution is 0.0697. The Kier molecular flexibility index (Phi) is 7.63. The van der Waals surface area contributed by atoms with Crippen LogP contribution in [0.1, 0.15) is 34.0 Å². The maximum Gasteiger partial charge on any atom is 0.335 e. The molecule has 0 saturated heterocycles. The number of benzene rings is 3. The second kappa shape index (κ2) is 10.6. The van der Waals surface area contributed by atoms with E-state index in [4.69, 9.17) is 14.6 Å². The number of rotatable bonds is 8. The Morgan fingerprint density at radius 3 is 2.44 bits per heavy atom. The molecule has 3 aromatic rings. The molecule has 32 heavy (non-hydrogen) atoms. The van der Waals surface area contributed by atoms with Crippen LogP contribution in [0, 0.1) is 17.1 Å². The molecule has 0 radical (unpaired) electrons. The fraction of sp³-hybridized carbons (Fsp3) is 0.120. The van der Waals surface area contributed by atoms with Gasteiger partial charge in [0.25, 0.3) is 0 Å². The topological polar surface area (TPSA) is 79.5 Å². The summed E-state index contributed by atoms with van der Waals surface area (Å²) in [5.74, 6) is -0.511. The van der Waals surface area contributed by atoms with Gasteiger partial charge in [-0.1, -0.05) is 30.3 Å². The van der Waals surface area contributed by atoms with Crippen molar-refractivity contribution in [1.29, 1.82) is 5.26 Å². The molecule has 1 N–H and O–H groups in total. The fourth-order valence-electron chi connectivity index (χ4n) is 2.98. The lowest BCUT2D eigenvalue weighted by atomic mass is 10.0. The van der Waals surface area contributed by atoms with Gasteiger partial charge in [0.05, 0.1) is 28.3 Å². The van der Waals surface area contributed by atoms with Crippen LogP contribution in [0.2, 0.25) is 0 Å². The van der Waals surface area contributed by atoms with E-state index in [0.29, 0.717) is 44.8 Å². The van der Waals surface area contributed by atoms with E-state index in [0.717, 1.165) is 0 Å². The lowest BCUT2D eigenvalue weighted by Crippen LogP contribution is -2.02. The number of halogens is 2. The molecular formula is C25H19BrFNO4. The van der Waals surface area contributed by atoms with Gasteiger partial charge in [-0.3, -0.25) is 0 Å². The number of carboxylic acids is 1. The number of aromatic carboxylic acids is 1. The Morgan fingerprint density at radius 2 is 1.81 bits per heavy atom. The van der Waals surface area contributed by atoms with E-state index >= 15 is 0 Å². The van der Waals surface area contributed by atoms with E-state index < -0.39 is 5.97 Å². The predicted octanol–water partition coefficient (Wildman–Crippen LogP) is 6.33. The molecule has 0 spiro atoms. The molecule has 0 amide bonds. The standard InChI is InChI=1S/C25H19BrFNO4/c1-2-31-23-13-16(11-20(14-28)17-7-9-18(10-8-17)25(29)30)12-21(26)24(23)32-15-19-5-3-4-6-22(19)27/h3-13H,2,15H2,1H3,(H,29,30)/b20-11-. The molecule has 0 bridgehead atoms. The fourth-order valence-corrected chi connectivity index (χ4v) is 3.55. The number of nitrogens with zero attached hydrogens (tertiary/aromatic N) is 1. The molecule has 0 aliphatic carbocycles. The van der Waals surface area contributed by atoms with Gasteiger partial charge in [0, 0.05) is 5.56 Å². The molecule has 7 heteroatoms. The summed E-state index contributed by atoms with van der Waals surface area (Å²) < 4.78 is 26.1. The summed E-state index contributed by atoms with van der Waals surface area (Å²) in [6, 6.07) is 18.1. The number of ether oxygens (including phenoxy) is 2. The van der Waals surface area contributed by atoms with Crippen molar-refractivity contribution in [2.45, 2.75) is 13.5 Å². The van der Waals surface area contributed by atoms with Gasteiger partial charge < -0.3 is 14.6 Å². The summed E-state index contributed by atoms with van der Waals surface area (Å²) in [7, 11) is 0. The Balaban J connectivity index is 1.92. The number of hydrogen-bond acceptors (Lipinski definition) is 4. The maximum absolute atomic E-state index is 13.9. The molecule has 0 heterocycles. The minimum absolute atomic E-state index is 0.0277. The van der Waals surface area contributed by atoms with Crippen LogP contribution in [0.25, 0.3) is 11.6 Å². The van der Waals surface area contributed by atoms with Crippen LogP contribution in [-0.4, -0.2) is 17.7 Å². The van der Waals surface area contributed by atoms with Crippen LogP contribution in [0.3, 0.4) is 0 Å². The van der Waals surface area contributed by atoms with Gasteiger partial charge in [-0.25, -0.2) is 9.18 Å². The van der Waals surface area contributed by atoms with Crippen molar-refractivity contribution in [3.63, 3.8) is 0 Å². The predicted molar refractivity (Wildman–Crippen MR) is 123 cm³/mol. The summed E-state index contributed by atoms with van der Waals surface area (Å²) in [5, 5.41) is 18.7. The molecule has 0 saturated carbocycles. The van der Waals surface area contributed by atoms with Crippen molar-refractivity contribution in [2.75, 3.05) is 6.61 Å². The second-order valence-electron chi connectivity index (χ2n) is 6.70. The van der Waals surface area contributed by atoms with E-state index in [1.165, 1.54) is 18.2 Å². The summed E-state index contributed by atoms with van der Waals surface area (Å²) in [5.41, 5.74) is 2.19. The van der Waals surface area contributed by atoms with Crippen molar-refractivity contribution in [3.05, 3.63) is 93.2 Å². The summed E-state index contributed by atoms with van der Waals surface area (Å²) in [6.07, 6.45) is 1.67. The number of carbonyl (C=O) groups is 1. The molecule has 3 aromatic carbocycles. The third kappa shape index (κ3) is 5.54. The summed E-state index contributed by atoms with van der Waals surface area (Å²) in [4.78, 5) is 11.0. The minimum Gasteiger partial charge on any atom is -0.490 e. The van der Waals surface area contributed by atoms with Gasteiger partial charge in [-0.2, -0.15) is 5.26 Å². The van der Waals surface area contributed by atoms with Crippen LogP contribution in [0.15, 0.2) is 65.1 Å². The Bertz CT molecular complexity index is 1200. The van der Waals surface area contributed by atoms with Crippen LogP contribution in [0.5, 0.6) is 11.5 Å². The molecule has 0 fully saturated rings. The van der Waals surface area contributed by atoms with Gasteiger partial charge in [0.1, 0.15) is 12.4 Å². The van der Waals surface area contributed by atoms with Crippen molar-refractivity contribution >= 4 is 33.5 Å². The highest BCUT2D eigenvalue weighted by molar-refractivity contribution is 9.10. The average Bonchev–Trinajstić information content (AvgIpc) is 2.78. The zero-order chi connectivity index (χ0) is 23.1. The van der Waals surface area contributed by atoms with E-state index in [2.05, 4.69) is 22.0 Å². The van der Waals surface area contributed by atoms with Crippen molar-refractivity contribution in [1.82, 2.24) is 0 Å². The van der Waals surface area contributed by atoms with Crippen molar-refractivity contribution < 1.29 is 23.8 Å². The highest BCUT2D eigenvalue weighted by atomic mass is 79.9. The van der Waals surface area contributed by atoms with Gasteiger partial charge in [0.15, 0.2) is 11.5 Å². The zero-order valence-corrected chi connectivity index (χ0v) is 18.7. The van der Waals surface area contributed by atoms with Crippen LogP contribution < -0.4 is 9.47 Å². The largest absolute Gasteiger partial charge is 0.490 e. The quantitative estimate of drug-likeness (QED) is 0.291. The van der Waals surface area contributed by atoms with E-state index in [9.17, 15) is 14.4 Å². The Labute approximate surface area is 193 Å². The highest BCUT2D eigenvalue weighted by Crippen LogP contribution is 2.38. The van der Waals surface area contributed by atoms with E-state index in [-0.39, 0.29) is 18.0 Å². The number of allylic oxidation sites excluding steroid dienone is 1. The molecule has 0 aromatic heterocycles. The highest BCUT2D eigenvalue weighted by Gasteiger charge is 2.14. The number of carboxylic acid groups (broad SMARTS) is 1. The number of nitriles is 1. The second-order valence-corrected chi connectivity index (χ2v) is 7.55. The smallest absolute Gasteiger partial charge is 0.335 e. The first-order chi connectivity index (χ1) is 15.4. The molecule has 0 atom stereocenters. The SMILES string of the molecule is CCOc1cc(/C=C(/C#N)c2ccc(C(=O)O)cc2)cc(Br)c1OCc1ccccc1F. The van der Waals surface area contributed by atoms with E-state index in [1.807, 2.05) is 6.92 Å². The summed E-state index contributed by atoms with van der Waals surface area (Å²) >= 11 is 3.48. The van der Waals surface area contributed by atoms with Gasteiger partial charge in [-0.15, -0.1) is 0 Å². The van der Waals surface area contributed by atoms with E-state index in [1.54, 1.807) is 48.5 Å². The van der Waals surface area contributed by atoms with Crippen LogP contribution >= 0.6 is 15.9 Å². The Morgan fingerprint density at radius 1 is 1.12 bits per heavy atom. The third-order valence-corrected chi connectivity index (χ3v) is 5.12. The first-order valence-corrected chi connectivity index (χ1v) is 10.5. The molecule has 0 unspecified atom stereocenters. The molecule has 162 valence electrons. The normalized spacial score (nSPS) is 11.0. The first-order valence-electron chi connectivity index (χ1n) is 9.71. The van der Waals surface area contributed by atoms with Crippen LogP contribution in [-0.2, 0) is 6.61 Å². The molecular weight excluding hydrogens is 477 g/mol. The summed E-state index contributed by atoms with van der Waals surface area (Å²) in [6.45, 7) is 2.25. The van der Waals surface area contributed by atoms with Gasteiger partial charge in [-0.05, 0) is 70.4 Å². The zero-order valence-electron chi connectivity index (χ0n) is 17.1. The monoisotopic (exact) mass is 495 g/mol. The molecule has 0 aliphatic heterocycles. The van der Waals surface area contributed by atoms with Gasteiger partial charge in [0.2, 0.25) is 0 Å². The number of hydrogen-bond donors (Lipinski definition) is 1. The molecule has 5 nitrogen and oxygen atoms in total. The average molecular weight is 496 g/mol. The third-order valence-electron chi connectivity index (χ3n) is 4.54. The molecule has 0 aliphatic rings. The minimum atomic E-state index is -1.03. The van der Waals surface area contributed by atoms with Crippen molar-refractivity contribution in [2.24, 2.45) is 0 Å². The lowest BCUT2D eigenvalue weighted by Gasteiger charge is -2.15. The van der Waals surface area contributed by atoms with Crippen molar-refractivity contribution in [3.8, 4) is 17.6 Å². The van der Waals surface area contributed by atoms with Gasteiger partial charge >= 0.3 is 5.97 Å².